The highest BCUT2D eigenvalue weighted by Gasteiger charge is 2.46. The summed E-state index contributed by atoms with van der Waals surface area (Å²) in [5.74, 6) is 0.0738. The lowest BCUT2D eigenvalue weighted by Gasteiger charge is -2.17. The van der Waals surface area contributed by atoms with Crippen LogP contribution in [0.1, 0.15) is 6.23 Å². The number of nitrogens with two attached hydrogens (primary N) is 1. The van der Waals surface area contributed by atoms with E-state index < -0.39 is 46.9 Å². The highest BCUT2D eigenvalue weighted by atomic mass is 31.3. The zero-order valence-corrected chi connectivity index (χ0v) is 14.9. The van der Waals surface area contributed by atoms with Crippen molar-refractivity contribution in [3.63, 3.8) is 0 Å². The van der Waals surface area contributed by atoms with Crippen molar-refractivity contribution in [3.05, 3.63) is 12.7 Å². The van der Waals surface area contributed by atoms with Crippen LogP contribution in [-0.2, 0) is 22.7 Å². The predicted molar refractivity (Wildman–Crippen MR) is 83.5 cm³/mol. The van der Waals surface area contributed by atoms with E-state index in [9.17, 15) is 28.4 Å². The molecule has 1 aliphatic rings. The molecule has 6 N–H and O–H groups in total. The second-order valence-corrected chi connectivity index (χ2v) is 8.18. The molecule has 2 unspecified atom stereocenters. The lowest BCUT2D eigenvalue weighted by atomic mass is 10.1. The van der Waals surface area contributed by atoms with Gasteiger partial charge in [0.1, 0.15) is 30.2 Å². The summed E-state index contributed by atoms with van der Waals surface area (Å²) < 4.78 is 48.6. The summed E-state index contributed by atoms with van der Waals surface area (Å²) in [6.07, 6.45) is -3.35. The molecule has 0 aliphatic carbocycles. The molecule has 6 atom stereocenters. The van der Waals surface area contributed by atoms with Crippen LogP contribution in [0.4, 0.5) is 10.0 Å². The number of ether oxygens (including phenoxy) is 1. The number of imidazole rings is 1. The van der Waals surface area contributed by atoms with E-state index in [1.807, 2.05) is 0 Å². The van der Waals surface area contributed by atoms with Crippen molar-refractivity contribution in [1.29, 1.82) is 0 Å². The predicted octanol–water partition coefficient (Wildman–Crippen LogP) is -0.769. The first-order chi connectivity index (χ1) is 12.5. The molecule has 1 saturated heterocycles. The summed E-state index contributed by atoms with van der Waals surface area (Å²) >= 11 is 0. The fourth-order valence-corrected chi connectivity index (χ4v) is 4.01. The maximum Gasteiger partial charge on any atom is 0.519 e. The van der Waals surface area contributed by atoms with Crippen LogP contribution in [0, 0.1) is 0 Å². The Kier molecular flexibility index (Phi) is 5.33. The van der Waals surface area contributed by atoms with Gasteiger partial charge in [0.2, 0.25) is 0 Å². The average Bonchev–Trinajstić information content (AvgIpc) is 3.07. The minimum absolute atomic E-state index is 0.0738. The fraction of sp³-hybridized carbons (Fsp3) is 0.500. The van der Waals surface area contributed by atoms with E-state index in [-0.39, 0.29) is 17.0 Å². The van der Waals surface area contributed by atoms with Crippen LogP contribution in [-0.4, -0.2) is 64.4 Å². The number of aliphatic hydroxyl groups excluding tert-OH is 2. The molecule has 27 heavy (non-hydrogen) atoms. The van der Waals surface area contributed by atoms with Gasteiger partial charge in [-0.3, -0.25) is 14.0 Å². The van der Waals surface area contributed by atoms with Gasteiger partial charge in [0.15, 0.2) is 17.7 Å². The molecular weight excluding hydrogens is 415 g/mol. The minimum atomic E-state index is -5.79. The van der Waals surface area contributed by atoms with Gasteiger partial charge in [0.05, 0.1) is 12.9 Å². The number of anilines is 1. The number of fused-ring (bicyclic) bond motifs is 1. The number of hydrogen-bond donors (Lipinski definition) is 5. The molecule has 1 fully saturated rings. The van der Waals surface area contributed by atoms with E-state index in [0.29, 0.717) is 0 Å². The van der Waals surface area contributed by atoms with Crippen molar-refractivity contribution in [2.75, 3.05) is 12.3 Å². The first kappa shape index (κ1) is 20.2. The number of halogens is 1. The maximum atomic E-state index is 12.5. The van der Waals surface area contributed by atoms with E-state index in [4.69, 9.17) is 15.4 Å². The van der Waals surface area contributed by atoms with Gasteiger partial charge in [-0.2, -0.15) is 4.31 Å². The Labute approximate surface area is 149 Å². The Bertz CT molecular complexity index is 937. The van der Waals surface area contributed by atoms with Crippen LogP contribution >= 0.6 is 15.7 Å². The Morgan fingerprint density at radius 3 is 2.63 bits per heavy atom. The van der Waals surface area contributed by atoms with Crippen molar-refractivity contribution in [1.82, 2.24) is 19.5 Å². The Morgan fingerprint density at radius 2 is 1.96 bits per heavy atom. The standard InChI is InChI=1S/C10H14FN5O9P2/c11-26(19,20)25-27(21,22)23-1-4-6(17)7(18)10(24-4)16-3-15-5-8(12)13-2-14-9(5)16/h2-4,6-7,10,17-18H,1H2,(H,19,20)(H,21,22)(H2,12,13,14)/t4-,6-,7-,10-/m1/s1. The molecule has 1 aliphatic heterocycles. The van der Waals surface area contributed by atoms with Gasteiger partial charge in [0.25, 0.3) is 0 Å². The highest BCUT2D eigenvalue weighted by molar-refractivity contribution is 7.61. The first-order valence-electron chi connectivity index (χ1n) is 7.14. The smallest absolute Gasteiger partial charge is 0.387 e. The molecule has 0 saturated carbocycles. The number of hydrogen-bond acceptors (Lipinski definition) is 11. The van der Waals surface area contributed by atoms with Gasteiger partial charge in [-0.05, 0) is 0 Å². The number of phosphoric ester groups is 1. The normalized spacial score (nSPS) is 30.3. The number of rotatable bonds is 6. The van der Waals surface area contributed by atoms with Crippen LogP contribution in [0.5, 0.6) is 0 Å². The van der Waals surface area contributed by atoms with Gasteiger partial charge < -0.3 is 25.6 Å². The van der Waals surface area contributed by atoms with Crippen LogP contribution in [0.15, 0.2) is 12.7 Å². The summed E-state index contributed by atoms with van der Waals surface area (Å²) in [6, 6.07) is 0. The third-order valence-corrected chi connectivity index (χ3v) is 5.71. The van der Waals surface area contributed by atoms with Crippen molar-refractivity contribution >= 4 is 32.7 Å². The Balaban J connectivity index is 1.75. The lowest BCUT2D eigenvalue weighted by Crippen LogP contribution is -2.33. The molecule has 0 amide bonds. The number of phosphoric acid groups is 1. The zero-order chi connectivity index (χ0) is 20.0. The van der Waals surface area contributed by atoms with Crippen molar-refractivity contribution in [2.45, 2.75) is 24.5 Å². The third-order valence-electron chi connectivity index (χ3n) is 3.60. The monoisotopic (exact) mass is 429 g/mol. The van der Waals surface area contributed by atoms with Crippen molar-refractivity contribution in [3.8, 4) is 0 Å². The molecule has 14 nitrogen and oxygen atoms in total. The number of nitrogens with zero attached hydrogens (tertiary/aromatic N) is 4. The van der Waals surface area contributed by atoms with Crippen LogP contribution in [0.2, 0.25) is 0 Å². The van der Waals surface area contributed by atoms with Gasteiger partial charge in [-0.1, -0.05) is 0 Å². The van der Waals surface area contributed by atoms with Crippen molar-refractivity contribution < 1.29 is 46.9 Å². The quantitative estimate of drug-likeness (QED) is 0.357. The summed E-state index contributed by atoms with van der Waals surface area (Å²) in [4.78, 5) is 29.2. The van der Waals surface area contributed by atoms with E-state index in [2.05, 4.69) is 23.8 Å². The number of aliphatic hydroxyl groups is 2. The SMILES string of the molecule is Nc1ncnc2c1ncn2[C@@H]1O[C@H](COP(=O)(O)OP(=O)(O)F)[C@@H](O)[C@H]1O. The molecule has 0 radical (unpaired) electrons. The van der Waals surface area contributed by atoms with E-state index in [1.165, 1.54) is 10.9 Å². The van der Waals surface area contributed by atoms with E-state index in [0.717, 1.165) is 6.33 Å². The molecule has 3 heterocycles. The summed E-state index contributed by atoms with van der Waals surface area (Å²) in [6.45, 7) is -0.869. The maximum absolute atomic E-state index is 12.5. The second-order valence-electron chi connectivity index (χ2n) is 5.43. The number of nitrogen functional groups attached to an aromatic ring is 1. The van der Waals surface area contributed by atoms with Crippen LogP contribution in [0.3, 0.4) is 0 Å². The van der Waals surface area contributed by atoms with E-state index in [1.54, 1.807) is 0 Å². The van der Waals surface area contributed by atoms with Gasteiger partial charge >= 0.3 is 15.7 Å². The Hall–Kier alpha value is -1.54. The molecule has 0 aromatic carbocycles. The molecule has 3 rings (SSSR count). The largest absolute Gasteiger partial charge is 0.519 e. The molecule has 17 heteroatoms. The van der Waals surface area contributed by atoms with E-state index >= 15 is 0 Å². The lowest BCUT2D eigenvalue weighted by molar-refractivity contribution is -0.0502. The molecule has 2 aromatic rings. The summed E-state index contributed by atoms with van der Waals surface area (Å²) in [5.41, 5.74) is 6.07. The highest BCUT2D eigenvalue weighted by Crippen LogP contribution is 2.60. The zero-order valence-electron chi connectivity index (χ0n) is 13.1. The van der Waals surface area contributed by atoms with Crippen LogP contribution < -0.4 is 5.73 Å². The van der Waals surface area contributed by atoms with Gasteiger partial charge in [0, 0.05) is 0 Å². The van der Waals surface area contributed by atoms with Crippen molar-refractivity contribution in [2.24, 2.45) is 0 Å². The van der Waals surface area contributed by atoms with Crippen LogP contribution in [0.25, 0.3) is 11.2 Å². The summed E-state index contributed by atoms with van der Waals surface area (Å²) in [5, 5.41) is 20.2. The molecular formula is C10H14FN5O9P2. The molecule has 0 bridgehead atoms. The molecule has 150 valence electrons. The van der Waals surface area contributed by atoms with Gasteiger partial charge in [-0.25, -0.2) is 24.1 Å². The fourth-order valence-electron chi connectivity index (χ4n) is 2.47. The summed E-state index contributed by atoms with van der Waals surface area (Å²) in [7, 11) is -11.0. The minimum Gasteiger partial charge on any atom is -0.387 e. The topological polar surface area (TPSA) is 212 Å². The average molecular weight is 429 g/mol. The Morgan fingerprint density at radius 1 is 1.26 bits per heavy atom. The molecule has 2 aromatic heterocycles. The van der Waals surface area contributed by atoms with Gasteiger partial charge in [-0.15, -0.1) is 4.20 Å². The number of aromatic nitrogens is 4. The first-order valence-corrected chi connectivity index (χ1v) is 10.1. The molecule has 0 spiro atoms. The second kappa shape index (κ2) is 7.13. The third kappa shape index (κ3) is 4.32.